The zero-order chi connectivity index (χ0) is 14.2. The molecule has 0 atom stereocenters. The van der Waals surface area contributed by atoms with E-state index in [0.717, 1.165) is 31.1 Å². The van der Waals surface area contributed by atoms with Crippen LogP contribution in [0.4, 0.5) is 13.2 Å². The van der Waals surface area contributed by atoms with Crippen molar-refractivity contribution in [2.75, 3.05) is 13.1 Å². The van der Waals surface area contributed by atoms with Crippen molar-refractivity contribution in [2.45, 2.75) is 38.3 Å². The van der Waals surface area contributed by atoms with E-state index >= 15 is 0 Å². The van der Waals surface area contributed by atoms with Gasteiger partial charge in [-0.25, -0.2) is 0 Å². The van der Waals surface area contributed by atoms with Crippen LogP contribution in [-0.4, -0.2) is 13.1 Å². The second-order valence-electron chi connectivity index (χ2n) is 6.32. The third kappa shape index (κ3) is 2.58. The van der Waals surface area contributed by atoms with Crippen molar-refractivity contribution in [2.24, 2.45) is 11.3 Å². The molecule has 1 heterocycles. The van der Waals surface area contributed by atoms with Crippen LogP contribution in [0.3, 0.4) is 0 Å². The van der Waals surface area contributed by atoms with Crippen LogP contribution in [0.5, 0.6) is 0 Å². The molecule has 0 aromatic heterocycles. The molecule has 110 valence electrons. The van der Waals surface area contributed by atoms with Crippen LogP contribution < -0.4 is 5.32 Å². The number of hydrogen-bond acceptors (Lipinski definition) is 1. The molecule has 0 spiro atoms. The van der Waals surface area contributed by atoms with Gasteiger partial charge in [-0.05, 0) is 36.8 Å². The van der Waals surface area contributed by atoms with Crippen LogP contribution in [0.15, 0.2) is 24.3 Å². The van der Waals surface area contributed by atoms with Gasteiger partial charge in [-0.1, -0.05) is 31.0 Å². The second-order valence-corrected chi connectivity index (χ2v) is 6.32. The van der Waals surface area contributed by atoms with E-state index in [4.69, 9.17) is 0 Å². The molecule has 1 aliphatic heterocycles. The van der Waals surface area contributed by atoms with E-state index in [-0.39, 0.29) is 5.41 Å². The van der Waals surface area contributed by atoms with Gasteiger partial charge in [0, 0.05) is 18.5 Å². The number of hydrogen-bond donors (Lipinski definition) is 1. The van der Waals surface area contributed by atoms with E-state index in [2.05, 4.69) is 5.32 Å². The lowest BCUT2D eigenvalue weighted by Crippen LogP contribution is -2.58. The van der Waals surface area contributed by atoms with Gasteiger partial charge in [0.2, 0.25) is 0 Å². The summed E-state index contributed by atoms with van der Waals surface area (Å²) in [5.74, 6) is 0.679. The second kappa shape index (κ2) is 5.06. The van der Waals surface area contributed by atoms with E-state index in [1.807, 2.05) is 6.07 Å². The largest absolute Gasteiger partial charge is 0.416 e. The minimum absolute atomic E-state index is 0.195. The van der Waals surface area contributed by atoms with Crippen LogP contribution in [0.25, 0.3) is 0 Å². The standard InChI is InChI=1S/C16H20F3N/c17-16(18,19)14-7-3-4-12(8-14)9-15(10-20-11-15)13-5-1-2-6-13/h3-4,7-8,13,20H,1-2,5-6,9-11H2. The van der Waals surface area contributed by atoms with Crippen LogP contribution in [-0.2, 0) is 12.6 Å². The van der Waals surface area contributed by atoms with Gasteiger partial charge in [-0.3, -0.25) is 0 Å². The molecule has 1 saturated heterocycles. The summed E-state index contributed by atoms with van der Waals surface area (Å²) in [6.45, 7) is 1.90. The van der Waals surface area contributed by atoms with Crippen LogP contribution >= 0.6 is 0 Å². The summed E-state index contributed by atoms with van der Waals surface area (Å²) in [5, 5.41) is 3.32. The predicted molar refractivity (Wildman–Crippen MR) is 72.4 cm³/mol. The Morgan fingerprint density at radius 3 is 2.40 bits per heavy atom. The fourth-order valence-corrected chi connectivity index (χ4v) is 3.81. The molecule has 1 aromatic rings. The maximum atomic E-state index is 12.8. The maximum absolute atomic E-state index is 12.8. The Morgan fingerprint density at radius 1 is 1.15 bits per heavy atom. The molecule has 3 rings (SSSR count). The minimum atomic E-state index is -4.24. The molecular weight excluding hydrogens is 263 g/mol. The fourth-order valence-electron chi connectivity index (χ4n) is 3.81. The molecule has 1 nitrogen and oxygen atoms in total. The van der Waals surface area contributed by atoms with Gasteiger partial charge in [0.25, 0.3) is 0 Å². The van der Waals surface area contributed by atoms with Gasteiger partial charge in [-0.2, -0.15) is 13.2 Å². The number of alkyl halides is 3. The first kappa shape index (κ1) is 13.9. The fraction of sp³-hybridized carbons (Fsp3) is 0.625. The van der Waals surface area contributed by atoms with E-state index in [1.165, 1.54) is 37.8 Å². The molecule has 2 fully saturated rings. The highest BCUT2D eigenvalue weighted by Crippen LogP contribution is 2.45. The average Bonchev–Trinajstić information content (AvgIpc) is 2.87. The first-order valence-electron chi connectivity index (χ1n) is 7.36. The van der Waals surface area contributed by atoms with E-state index in [0.29, 0.717) is 5.92 Å². The Balaban J connectivity index is 1.79. The van der Waals surface area contributed by atoms with E-state index < -0.39 is 11.7 Å². The van der Waals surface area contributed by atoms with Crippen molar-refractivity contribution < 1.29 is 13.2 Å². The van der Waals surface area contributed by atoms with Gasteiger partial charge in [0.15, 0.2) is 0 Å². The number of benzene rings is 1. The molecule has 2 aliphatic rings. The topological polar surface area (TPSA) is 12.0 Å². The summed E-state index contributed by atoms with van der Waals surface area (Å²) >= 11 is 0. The summed E-state index contributed by atoms with van der Waals surface area (Å²) < 4.78 is 38.4. The minimum Gasteiger partial charge on any atom is -0.315 e. The predicted octanol–water partition coefficient (Wildman–Crippen LogP) is 4.03. The van der Waals surface area contributed by atoms with Gasteiger partial charge in [0.05, 0.1) is 5.56 Å². The lowest BCUT2D eigenvalue weighted by molar-refractivity contribution is -0.137. The zero-order valence-electron chi connectivity index (χ0n) is 11.5. The monoisotopic (exact) mass is 283 g/mol. The summed E-state index contributed by atoms with van der Waals surface area (Å²) in [6, 6.07) is 5.86. The lowest BCUT2D eigenvalue weighted by Gasteiger charge is -2.48. The molecule has 1 N–H and O–H groups in total. The highest BCUT2D eigenvalue weighted by molar-refractivity contribution is 5.27. The molecule has 1 saturated carbocycles. The molecule has 20 heavy (non-hydrogen) atoms. The number of halogens is 3. The lowest BCUT2D eigenvalue weighted by atomic mass is 9.66. The number of nitrogens with one attached hydrogen (secondary N) is 1. The highest BCUT2D eigenvalue weighted by Gasteiger charge is 2.44. The summed E-state index contributed by atoms with van der Waals surface area (Å²) in [4.78, 5) is 0. The van der Waals surface area contributed by atoms with Crippen molar-refractivity contribution in [3.05, 3.63) is 35.4 Å². The third-order valence-corrected chi connectivity index (χ3v) is 4.99. The van der Waals surface area contributed by atoms with Crippen molar-refractivity contribution >= 4 is 0 Å². The average molecular weight is 283 g/mol. The van der Waals surface area contributed by atoms with Crippen LogP contribution in [0, 0.1) is 11.3 Å². The van der Waals surface area contributed by atoms with E-state index in [1.54, 1.807) is 0 Å². The molecule has 0 bridgehead atoms. The maximum Gasteiger partial charge on any atom is 0.416 e. The van der Waals surface area contributed by atoms with Gasteiger partial charge in [0.1, 0.15) is 0 Å². The smallest absolute Gasteiger partial charge is 0.315 e. The van der Waals surface area contributed by atoms with Crippen molar-refractivity contribution in [3.8, 4) is 0 Å². The van der Waals surface area contributed by atoms with Crippen molar-refractivity contribution in [3.63, 3.8) is 0 Å². The Morgan fingerprint density at radius 2 is 1.85 bits per heavy atom. The molecule has 0 radical (unpaired) electrons. The van der Waals surface area contributed by atoms with Gasteiger partial charge >= 0.3 is 6.18 Å². The highest BCUT2D eigenvalue weighted by atomic mass is 19.4. The quantitative estimate of drug-likeness (QED) is 0.883. The van der Waals surface area contributed by atoms with Crippen LogP contribution in [0.1, 0.15) is 36.8 Å². The van der Waals surface area contributed by atoms with Gasteiger partial charge < -0.3 is 5.32 Å². The summed E-state index contributed by atoms with van der Waals surface area (Å²) in [5.41, 5.74) is 0.498. The first-order valence-corrected chi connectivity index (χ1v) is 7.36. The Kier molecular flexibility index (Phi) is 3.53. The van der Waals surface area contributed by atoms with Gasteiger partial charge in [-0.15, -0.1) is 0 Å². The molecule has 4 heteroatoms. The Hall–Kier alpha value is -1.03. The number of rotatable bonds is 3. The molecule has 1 aromatic carbocycles. The molecule has 0 unspecified atom stereocenters. The SMILES string of the molecule is FC(F)(F)c1cccc(CC2(C3CCCC3)CNC2)c1. The van der Waals surface area contributed by atoms with E-state index in [9.17, 15) is 13.2 Å². The molecular formula is C16H20F3N. The summed E-state index contributed by atoms with van der Waals surface area (Å²) in [6.07, 6.45) is 1.55. The molecule has 0 amide bonds. The third-order valence-electron chi connectivity index (χ3n) is 4.99. The Bertz CT molecular complexity index is 471. The normalized spacial score (nSPS) is 22.8. The Labute approximate surface area is 117 Å². The zero-order valence-corrected chi connectivity index (χ0v) is 11.5. The summed E-state index contributed by atoms with van der Waals surface area (Å²) in [7, 11) is 0. The first-order chi connectivity index (χ1) is 9.50. The molecule has 1 aliphatic carbocycles. The van der Waals surface area contributed by atoms with Crippen molar-refractivity contribution in [1.29, 1.82) is 0 Å². The van der Waals surface area contributed by atoms with Crippen LogP contribution in [0.2, 0.25) is 0 Å². The van der Waals surface area contributed by atoms with Crippen molar-refractivity contribution in [1.82, 2.24) is 5.32 Å².